The molecule has 0 unspecified atom stereocenters. The zero-order valence-corrected chi connectivity index (χ0v) is 13.4. The highest BCUT2D eigenvalue weighted by Gasteiger charge is 2.35. The molecule has 1 atom stereocenters. The summed E-state index contributed by atoms with van der Waals surface area (Å²) in [6.45, 7) is 1.09. The number of halogens is 2. The summed E-state index contributed by atoms with van der Waals surface area (Å²) < 4.78 is 108. The number of ether oxygens (including phenoxy) is 1. The van der Waals surface area contributed by atoms with E-state index in [2.05, 4.69) is 0 Å². The van der Waals surface area contributed by atoms with Crippen LogP contribution in [-0.4, -0.2) is 26.2 Å². The zero-order valence-electron chi connectivity index (χ0n) is 19.9. The third-order valence-electron chi connectivity index (χ3n) is 2.61. The number of sulfonamides is 1. The fourth-order valence-corrected chi connectivity index (χ4v) is 3.09. The van der Waals surface area contributed by atoms with Gasteiger partial charge in [-0.15, -0.1) is 0 Å². The number of rotatable bonds is 5. The highest BCUT2D eigenvalue weighted by Crippen LogP contribution is 2.30. The highest BCUT2D eigenvalue weighted by atomic mass is 35.5. The number of anilines is 1. The molecule has 0 amide bonds. The van der Waals surface area contributed by atoms with Crippen molar-refractivity contribution >= 4 is 33.3 Å². The van der Waals surface area contributed by atoms with Crippen LogP contribution in [0.15, 0.2) is 29.8 Å². The number of carbonyl (C=O) groups is 1. The summed E-state index contributed by atoms with van der Waals surface area (Å²) in [4.78, 5) is 12.4. The van der Waals surface area contributed by atoms with E-state index in [1.54, 1.807) is 0 Å². The van der Waals surface area contributed by atoms with Gasteiger partial charge < -0.3 is 4.74 Å². The van der Waals surface area contributed by atoms with Crippen molar-refractivity contribution in [3.63, 3.8) is 0 Å². The molecule has 0 aromatic heterocycles. The van der Waals surface area contributed by atoms with Crippen molar-refractivity contribution in [1.82, 2.24) is 0 Å². The maximum Gasteiger partial charge on any atom is 0.335 e. The molecule has 23 heavy (non-hydrogen) atoms. The van der Waals surface area contributed by atoms with Gasteiger partial charge in [-0.05, 0) is 44.3 Å². The molecule has 0 saturated heterocycles. The molecule has 0 bridgehead atoms. The molecule has 0 aliphatic heterocycles. The fourth-order valence-electron chi connectivity index (χ4n) is 1.70. The summed E-state index contributed by atoms with van der Waals surface area (Å²) >= 11 is 5.76. The third kappa shape index (κ3) is 4.23. The SMILES string of the molecule is [2H]C1=C(C(=O)OCC)[C@]([2H])(S(=O)(=O)N([2H])c2c([2H])c([2H])c(F)c([2H])c2Cl)C([2H])([2H])CC1. The Kier molecular flexibility index (Phi) is 3.06. The number of benzene rings is 1. The summed E-state index contributed by atoms with van der Waals surface area (Å²) in [6.07, 6.45) is -4.05. The molecule has 1 aliphatic rings. The first-order valence-corrected chi connectivity index (χ1v) is 8.25. The predicted molar refractivity (Wildman–Crippen MR) is 86.3 cm³/mol. The largest absolute Gasteiger partial charge is 0.463 e. The fraction of sp³-hybridized carbons (Fsp3) is 0.400. The van der Waals surface area contributed by atoms with Crippen LogP contribution in [0, 0.1) is 5.82 Å². The van der Waals surface area contributed by atoms with E-state index < -0.39 is 85.0 Å². The van der Waals surface area contributed by atoms with Gasteiger partial charge >= 0.3 is 5.97 Å². The van der Waals surface area contributed by atoms with Gasteiger partial charge in [-0.2, -0.15) is 0 Å². The molecule has 1 aromatic rings. The predicted octanol–water partition coefficient (Wildman–Crippen LogP) is 3.26. The van der Waals surface area contributed by atoms with Gasteiger partial charge in [0, 0.05) is 2.74 Å². The van der Waals surface area contributed by atoms with Crippen LogP contribution in [0.2, 0.25) is 6.43 Å². The molecule has 1 N–H and O–H groups in total. The number of hydrogen-bond acceptors (Lipinski definition) is 4. The second-order valence-electron chi connectivity index (χ2n) is 4.20. The van der Waals surface area contributed by atoms with E-state index in [4.69, 9.17) is 27.3 Å². The van der Waals surface area contributed by atoms with Crippen LogP contribution in [-0.2, 0) is 19.6 Å². The lowest BCUT2D eigenvalue weighted by Gasteiger charge is -2.24. The smallest absolute Gasteiger partial charge is 0.335 e. The summed E-state index contributed by atoms with van der Waals surface area (Å²) in [5.41, 5.74) is -2.31. The monoisotopic (exact) mass is 369 g/mol. The number of nitrogens with one attached hydrogen (secondary N) is 1. The Balaban J connectivity index is 2.86. The van der Waals surface area contributed by atoms with Gasteiger partial charge in [0.25, 0.3) is 0 Å². The molecular weight excluding hydrogens is 345 g/mol. The van der Waals surface area contributed by atoms with Gasteiger partial charge in [0.05, 0.1) is 29.7 Å². The molecule has 0 fully saturated rings. The number of carbonyl (C=O) groups excluding carboxylic acids is 1. The standard InChI is InChI=1S/C15H17ClFNO4S/c1-2-22-15(19)11-5-3-4-6-14(11)23(20,21)18-13-8-7-10(17)9-12(13)16/h5,7-9,14,18H,2-4,6H2,1H3/t14-/m1/s1/i5D,6D2,7D,8D,9D,14D/hD. The van der Waals surface area contributed by atoms with Crippen molar-refractivity contribution < 1.29 is 33.3 Å². The molecule has 0 radical (unpaired) electrons. The second-order valence-corrected chi connectivity index (χ2v) is 6.11. The van der Waals surface area contributed by atoms with E-state index in [0.717, 1.165) is 0 Å². The molecule has 1 aliphatic carbocycles. The van der Waals surface area contributed by atoms with Gasteiger partial charge in [-0.3, -0.25) is 4.72 Å². The first kappa shape index (κ1) is 9.64. The van der Waals surface area contributed by atoms with E-state index in [1.807, 2.05) is 0 Å². The summed E-state index contributed by atoms with van der Waals surface area (Å²) in [5, 5.41) is -4.61. The van der Waals surface area contributed by atoms with Crippen molar-refractivity contribution in [2.24, 2.45) is 0 Å². The maximum absolute atomic E-state index is 13.9. The van der Waals surface area contributed by atoms with E-state index in [0.29, 0.717) is 0 Å². The Morgan fingerprint density at radius 3 is 3.13 bits per heavy atom. The molecule has 2 rings (SSSR count). The van der Waals surface area contributed by atoms with Crippen LogP contribution in [0.5, 0.6) is 0 Å². The van der Waals surface area contributed by atoms with Crippen LogP contribution in [0.1, 0.15) is 35.7 Å². The molecule has 1 aromatic carbocycles. The van der Waals surface area contributed by atoms with E-state index in [-0.39, 0.29) is 13.0 Å². The Labute approximate surface area is 150 Å². The van der Waals surface area contributed by atoms with Crippen molar-refractivity contribution in [3.8, 4) is 0 Å². The third-order valence-corrected chi connectivity index (χ3v) is 4.17. The molecule has 5 nitrogen and oxygen atoms in total. The second kappa shape index (κ2) is 7.31. The lowest BCUT2D eigenvalue weighted by Crippen LogP contribution is -2.34. The minimum Gasteiger partial charge on any atom is -0.463 e. The summed E-state index contributed by atoms with van der Waals surface area (Å²) in [7, 11) is -5.64. The number of allylic oxidation sites excluding steroid dienone is 1. The first-order chi connectivity index (χ1) is 14.1. The summed E-state index contributed by atoms with van der Waals surface area (Å²) in [5.74, 6) is -2.99. The Hall–Kier alpha value is -1.60. The van der Waals surface area contributed by atoms with Gasteiger partial charge in [0.2, 0.25) is 10.0 Å². The van der Waals surface area contributed by atoms with Crippen LogP contribution < -0.4 is 4.72 Å². The van der Waals surface area contributed by atoms with Gasteiger partial charge in [-0.25, -0.2) is 17.6 Å². The van der Waals surface area contributed by atoms with Gasteiger partial charge in [-0.1, -0.05) is 17.7 Å². The molecule has 0 spiro atoms. The zero-order chi connectivity index (χ0) is 24.1. The lowest BCUT2D eigenvalue weighted by atomic mass is 9.99. The normalized spacial score (nSPS) is 29.0. The average molecular weight is 370 g/mol. The highest BCUT2D eigenvalue weighted by molar-refractivity contribution is 7.93. The van der Waals surface area contributed by atoms with E-state index >= 15 is 0 Å². The van der Waals surface area contributed by atoms with Crippen molar-refractivity contribution in [1.29, 1.82) is 0 Å². The molecule has 126 valence electrons. The Bertz CT molecular complexity index is 1050. The van der Waals surface area contributed by atoms with Crippen molar-refractivity contribution in [2.75, 3.05) is 11.3 Å². The lowest BCUT2D eigenvalue weighted by molar-refractivity contribution is -0.138. The first-order valence-electron chi connectivity index (χ1n) is 10.4. The average Bonchev–Trinajstić information content (AvgIpc) is 2.68. The minimum absolute atomic E-state index is 0.273. The Morgan fingerprint density at radius 1 is 1.70 bits per heavy atom. The number of esters is 1. The van der Waals surface area contributed by atoms with Crippen molar-refractivity contribution in [3.05, 3.63) is 40.6 Å². The quantitative estimate of drug-likeness (QED) is 0.808. The minimum atomic E-state index is -5.64. The van der Waals surface area contributed by atoms with E-state index in [9.17, 15) is 17.6 Å². The number of hydrogen-bond donors (Lipinski definition) is 1. The molecule has 0 saturated carbocycles. The van der Waals surface area contributed by atoms with Crippen LogP contribution in [0.4, 0.5) is 10.1 Å². The maximum atomic E-state index is 13.9. The molecule has 0 heterocycles. The van der Waals surface area contributed by atoms with Gasteiger partial charge in [0.15, 0.2) is 1.41 Å². The topological polar surface area (TPSA) is 72.5 Å². The van der Waals surface area contributed by atoms with Crippen molar-refractivity contribution in [2.45, 2.75) is 31.4 Å². The van der Waals surface area contributed by atoms with Crippen LogP contribution >= 0.6 is 11.6 Å². The molecule has 8 heteroatoms. The van der Waals surface area contributed by atoms with Gasteiger partial charge in [0.1, 0.15) is 11.0 Å². The molecular formula is C15H17ClFNO4S. The summed E-state index contributed by atoms with van der Waals surface area (Å²) in [6, 6.07) is -4.31. The van der Waals surface area contributed by atoms with E-state index in [1.165, 1.54) is 6.92 Å². The van der Waals surface area contributed by atoms with Crippen LogP contribution in [0.25, 0.3) is 0 Å². The Morgan fingerprint density at radius 2 is 2.43 bits per heavy atom. The van der Waals surface area contributed by atoms with Crippen LogP contribution in [0.3, 0.4) is 0 Å².